The first-order chi connectivity index (χ1) is 25.3. The minimum atomic E-state index is -0.771. The van der Waals surface area contributed by atoms with Crippen molar-refractivity contribution in [2.75, 3.05) is 25.6 Å². The molecule has 2 aromatic carbocycles. The van der Waals surface area contributed by atoms with Gasteiger partial charge in [-0.3, -0.25) is 9.59 Å². The molecule has 53 heavy (non-hydrogen) atoms. The second-order valence-corrected chi connectivity index (χ2v) is 14.5. The number of amides is 3. The SMILES string of the molecule is CCCNC(=O)c1ccc(-c2cc3c(cc2C(=O)Nc2ccc(CNC(=O)OC(C)(C)C)cc2OC(C)CC)-c2sccc2CCO3)c(C(=O)OC)n1. The van der Waals surface area contributed by atoms with Crippen LogP contribution < -0.4 is 25.4 Å². The van der Waals surface area contributed by atoms with Crippen LogP contribution in [0.3, 0.4) is 0 Å². The minimum absolute atomic E-state index is 0.0379. The standard InChI is InChI=1S/C40H46N4O8S/c1-8-16-41-37(46)31-13-11-26(34(43-31)38(47)49-7)27-21-32-29(35-25(14-17-50-32)15-18-53-35)20-28(27)36(45)44-30-12-10-24(19-33(30)51-23(3)9-2)22-42-39(48)52-40(4,5)6/h10-13,15,18-21,23H,8-9,14,16-17,22H2,1-7H3,(H,41,46)(H,42,48)(H,44,45). The van der Waals surface area contributed by atoms with Crippen LogP contribution in [0.15, 0.2) is 53.9 Å². The molecule has 12 nitrogen and oxygen atoms in total. The first-order valence-corrected chi connectivity index (χ1v) is 18.5. The maximum absolute atomic E-state index is 14.5. The van der Waals surface area contributed by atoms with Gasteiger partial charge in [-0.05, 0) is 99.5 Å². The van der Waals surface area contributed by atoms with E-state index in [1.54, 1.807) is 68.5 Å². The van der Waals surface area contributed by atoms with Crippen molar-refractivity contribution in [1.29, 1.82) is 0 Å². The van der Waals surface area contributed by atoms with Crippen molar-refractivity contribution in [1.82, 2.24) is 15.6 Å². The molecule has 0 bridgehead atoms. The fourth-order valence-corrected chi connectivity index (χ4v) is 6.54. The summed E-state index contributed by atoms with van der Waals surface area (Å²) < 4.78 is 22.9. The Morgan fingerprint density at radius 1 is 0.962 bits per heavy atom. The van der Waals surface area contributed by atoms with Gasteiger partial charge in [0.2, 0.25) is 0 Å². The van der Waals surface area contributed by atoms with E-state index in [2.05, 4.69) is 20.9 Å². The molecule has 0 saturated heterocycles. The van der Waals surface area contributed by atoms with Gasteiger partial charge in [0.05, 0.1) is 25.5 Å². The number of carbonyl (C=O) groups is 4. The Labute approximate surface area is 313 Å². The van der Waals surface area contributed by atoms with E-state index in [1.807, 2.05) is 32.2 Å². The molecule has 0 spiro atoms. The molecule has 1 aliphatic rings. The number of nitrogens with zero attached hydrogens (tertiary/aromatic N) is 1. The zero-order valence-electron chi connectivity index (χ0n) is 31.1. The van der Waals surface area contributed by atoms with Crippen LogP contribution in [0.1, 0.15) is 96.8 Å². The molecule has 3 N–H and O–H groups in total. The van der Waals surface area contributed by atoms with Gasteiger partial charge in [-0.15, -0.1) is 11.3 Å². The van der Waals surface area contributed by atoms with Gasteiger partial charge in [0, 0.05) is 46.6 Å². The number of esters is 1. The van der Waals surface area contributed by atoms with Crippen LogP contribution in [0, 0.1) is 0 Å². The number of ether oxygens (including phenoxy) is 4. The third-order valence-corrected chi connectivity index (χ3v) is 9.34. The summed E-state index contributed by atoms with van der Waals surface area (Å²) in [5.74, 6) is -0.737. The maximum Gasteiger partial charge on any atom is 0.407 e. The van der Waals surface area contributed by atoms with Gasteiger partial charge in [-0.2, -0.15) is 0 Å². The number of pyridine rings is 1. The summed E-state index contributed by atoms with van der Waals surface area (Å²) in [6.45, 7) is 12.3. The largest absolute Gasteiger partial charge is 0.493 e. The molecule has 0 fully saturated rings. The van der Waals surface area contributed by atoms with E-state index in [0.29, 0.717) is 48.7 Å². The highest BCUT2D eigenvalue weighted by molar-refractivity contribution is 7.13. The average Bonchev–Trinajstić information content (AvgIpc) is 3.53. The molecule has 13 heteroatoms. The quantitative estimate of drug-likeness (QED) is 0.123. The lowest BCUT2D eigenvalue weighted by Crippen LogP contribution is -2.32. The molecule has 4 aromatic rings. The normalized spacial score (nSPS) is 12.6. The molecule has 3 amide bonds. The molecular weight excluding hydrogens is 697 g/mol. The van der Waals surface area contributed by atoms with Crippen molar-refractivity contribution in [3.63, 3.8) is 0 Å². The number of aromatic nitrogens is 1. The molecular formula is C40H46N4O8S. The van der Waals surface area contributed by atoms with Gasteiger partial charge < -0.3 is 34.9 Å². The van der Waals surface area contributed by atoms with Crippen molar-refractivity contribution in [2.45, 2.75) is 79.1 Å². The zero-order valence-corrected chi connectivity index (χ0v) is 32.0. The molecule has 1 aliphatic heterocycles. The zero-order chi connectivity index (χ0) is 38.3. The molecule has 2 aromatic heterocycles. The van der Waals surface area contributed by atoms with E-state index in [4.69, 9.17) is 18.9 Å². The lowest BCUT2D eigenvalue weighted by atomic mass is 9.93. The summed E-state index contributed by atoms with van der Waals surface area (Å²) in [4.78, 5) is 58.3. The highest BCUT2D eigenvalue weighted by atomic mass is 32.1. The Hall–Kier alpha value is -5.43. The Morgan fingerprint density at radius 2 is 1.75 bits per heavy atom. The number of thiophene rings is 1. The minimum Gasteiger partial charge on any atom is -0.493 e. The molecule has 0 saturated carbocycles. The highest BCUT2D eigenvalue weighted by Gasteiger charge is 2.28. The number of benzene rings is 2. The van der Waals surface area contributed by atoms with Crippen molar-refractivity contribution in [3.05, 3.63) is 82.0 Å². The van der Waals surface area contributed by atoms with Crippen molar-refractivity contribution in [2.24, 2.45) is 0 Å². The van der Waals surface area contributed by atoms with Crippen molar-refractivity contribution >= 4 is 40.9 Å². The fourth-order valence-electron chi connectivity index (χ4n) is 5.57. The van der Waals surface area contributed by atoms with Crippen LogP contribution in [-0.4, -0.2) is 60.8 Å². The van der Waals surface area contributed by atoms with Crippen LogP contribution in [0.2, 0.25) is 0 Å². The molecule has 1 atom stereocenters. The van der Waals surface area contributed by atoms with Crippen LogP contribution >= 0.6 is 11.3 Å². The molecule has 5 rings (SSSR count). The van der Waals surface area contributed by atoms with Gasteiger partial charge >= 0.3 is 12.1 Å². The number of hydrogen-bond donors (Lipinski definition) is 3. The number of nitrogens with one attached hydrogen (secondary N) is 3. The molecule has 0 radical (unpaired) electrons. The lowest BCUT2D eigenvalue weighted by Gasteiger charge is -2.21. The van der Waals surface area contributed by atoms with Gasteiger partial charge in [0.1, 0.15) is 22.8 Å². The molecule has 1 unspecified atom stereocenters. The van der Waals surface area contributed by atoms with Crippen LogP contribution in [0.25, 0.3) is 21.6 Å². The van der Waals surface area contributed by atoms with Crippen LogP contribution in [0.5, 0.6) is 11.5 Å². The Kier molecular flexibility index (Phi) is 12.4. The summed E-state index contributed by atoms with van der Waals surface area (Å²) in [5.41, 5.74) is 3.12. The monoisotopic (exact) mass is 742 g/mol. The van der Waals surface area contributed by atoms with E-state index < -0.39 is 29.5 Å². The van der Waals surface area contributed by atoms with Gasteiger partial charge in [0.15, 0.2) is 5.69 Å². The maximum atomic E-state index is 14.5. The van der Waals surface area contributed by atoms with Gasteiger partial charge in [-0.1, -0.05) is 19.9 Å². The van der Waals surface area contributed by atoms with Crippen LogP contribution in [0.4, 0.5) is 10.5 Å². The Morgan fingerprint density at radius 3 is 2.47 bits per heavy atom. The predicted molar refractivity (Wildman–Crippen MR) is 204 cm³/mol. The number of anilines is 1. The average molecular weight is 743 g/mol. The first-order valence-electron chi connectivity index (χ1n) is 17.6. The summed E-state index contributed by atoms with van der Waals surface area (Å²) in [7, 11) is 1.23. The summed E-state index contributed by atoms with van der Waals surface area (Å²) in [6.07, 6.45) is 1.39. The smallest absolute Gasteiger partial charge is 0.407 e. The topological polar surface area (TPSA) is 154 Å². The van der Waals surface area contributed by atoms with Crippen LogP contribution in [-0.2, 0) is 22.4 Å². The lowest BCUT2D eigenvalue weighted by molar-refractivity contribution is 0.0521. The predicted octanol–water partition coefficient (Wildman–Crippen LogP) is 7.79. The highest BCUT2D eigenvalue weighted by Crippen LogP contribution is 2.43. The Balaban J connectivity index is 1.59. The number of carbonyl (C=O) groups excluding carboxylic acids is 4. The number of fused-ring (bicyclic) bond motifs is 3. The number of methoxy groups -OCH3 is 1. The molecule has 280 valence electrons. The first kappa shape index (κ1) is 38.8. The second kappa shape index (κ2) is 16.9. The second-order valence-electron chi connectivity index (χ2n) is 13.6. The van der Waals surface area contributed by atoms with Crippen molar-refractivity contribution < 1.29 is 38.1 Å². The third-order valence-electron chi connectivity index (χ3n) is 8.35. The van der Waals surface area contributed by atoms with E-state index in [0.717, 1.165) is 28.0 Å². The van der Waals surface area contributed by atoms with E-state index in [-0.39, 0.29) is 35.2 Å². The van der Waals surface area contributed by atoms with Gasteiger partial charge in [0.25, 0.3) is 11.8 Å². The number of alkyl carbamates (subject to hydrolysis) is 1. The fraction of sp³-hybridized carbons (Fsp3) is 0.375. The number of hydrogen-bond acceptors (Lipinski definition) is 10. The molecule has 3 heterocycles. The van der Waals surface area contributed by atoms with E-state index >= 15 is 0 Å². The van der Waals surface area contributed by atoms with E-state index in [9.17, 15) is 19.2 Å². The third kappa shape index (κ3) is 9.52. The summed E-state index contributed by atoms with van der Waals surface area (Å²) in [6, 6.07) is 13.9. The van der Waals surface area contributed by atoms with E-state index in [1.165, 1.54) is 13.2 Å². The number of rotatable bonds is 12. The molecule has 0 aliphatic carbocycles. The van der Waals surface area contributed by atoms with Crippen molar-refractivity contribution in [3.8, 4) is 33.1 Å². The van der Waals surface area contributed by atoms with Gasteiger partial charge in [-0.25, -0.2) is 14.6 Å². The Bertz CT molecular complexity index is 2000. The summed E-state index contributed by atoms with van der Waals surface area (Å²) in [5, 5.41) is 10.6. The summed E-state index contributed by atoms with van der Waals surface area (Å²) >= 11 is 1.55.